The molecule has 1 aliphatic rings. The molecule has 0 atom stereocenters. The van der Waals surface area contributed by atoms with E-state index in [1.54, 1.807) is 21.9 Å². The average Bonchev–Trinajstić information content (AvgIpc) is 2.98. The van der Waals surface area contributed by atoms with Crippen LogP contribution in [0.25, 0.3) is 11.0 Å². The molecule has 0 N–H and O–H groups in total. The molecule has 1 aliphatic heterocycles. The number of rotatable bonds is 3. The second kappa shape index (κ2) is 6.03. The van der Waals surface area contributed by atoms with Crippen molar-refractivity contribution in [1.82, 2.24) is 29.3 Å². The lowest BCUT2D eigenvalue weighted by molar-refractivity contribution is 0.350. The van der Waals surface area contributed by atoms with Crippen molar-refractivity contribution in [3.05, 3.63) is 41.5 Å². The summed E-state index contributed by atoms with van der Waals surface area (Å²) in [6, 6.07) is 1.51. The molecule has 1 fully saturated rings. The minimum atomic E-state index is 0.0142. The fraction of sp³-hybridized carbons (Fsp3) is 0.438. The molecule has 0 aliphatic carbocycles. The minimum Gasteiger partial charge on any atom is -0.356 e. The Hall–Kier alpha value is -2.77. The molecule has 0 radical (unpaired) electrons. The minimum absolute atomic E-state index is 0.0142. The van der Waals surface area contributed by atoms with E-state index >= 15 is 0 Å². The first-order valence-corrected chi connectivity index (χ1v) is 8.10. The van der Waals surface area contributed by atoms with Crippen molar-refractivity contribution in [3.63, 3.8) is 0 Å². The molecule has 0 unspecified atom stereocenters. The van der Waals surface area contributed by atoms with Crippen molar-refractivity contribution in [2.75, 3.05) is 18.0 Å². The van der Waals surface area contributed by atoms with Gasteiger partial charge < -0.3 is 4.90 Å². The predicted molar refractivity (Wildman–Crippen MR) is 89.7 cm³/mol. The Bertz CT molecular complexity index is 908. The van der Waals surface area contributed by atoms with E-state index in [1.165, 1.54) is 12.3 Å². The van der Waals surface area contributed by atoms with Crippen LogP contribution in [0.1, 0.15) is 12.8 Å². The quantitative estimate of drug-likeness (QED) is 0.710. The van der Waals surface area contributed by atoms with Crippen molar-refractivity contribution in [2.45, 2.75) is 19.4 Å². The van der Waals surface area contributed by atoms with Gasteiger partial charge in [-0.25, -0.2) is 15.0 Å². The number of piperidine rings is 1. The van der Waals surface area contributed by atoms with E-state index in [4.69, 9.17) is 0 Å². The van der Waals surface area contributed by atoms with Gasteiger partial charge in [0.25, 0.3) is 5.56 Å². The first kappa shape index (κ1) is 14.8. The number of aromatic nitrogens is 6. The second-order valence-electron chi connectivity index (χ2n) is 6.24. The van der Waals surface area contributed by atoms with Crippen molar-refractivity contribution >= 4 is 16.9 Å². The zero-order valence-corrected chi connectivity index (χ0v) is 13.5. The van der Waals surface area contributed by atoms with Gasteiger partial charge in [-0.1, -0.05) is 0 Å². The average molecular weight is 325 g/mol. The van der Waals surface area contributed by atoms with Gasteiger partial charge in [0.1, 0.15) is 12.1 Å². The highest BCUT2D eigenvalue weighted by Crippen LogP contribution is 2.27. The molecule has 0 aromatic carbocycles. The summed E-state index contributed by atoms with van der Waals surface area (Å²) < 4.78 is 3.47. The summed E-state index contributed by atoms with van der Waals surface area (Å²) in [6.07, 6.45) is 8.74. The Morgan fingerprint density at radius 3 is 2.88 bits per heavy atom. The van der Waals surface area contributed by atoms with E-state index in [2.05, 4.69) is 25.0 Å². The molecule has 8 nitrogen and oxygen atoms in total. The van der Waals surface area contributed by atoms with E-state index < -0.39 is 0 Å². The number of fused-ring (bicyclic) bond motifs is 1. The molecule has 4 rings (SSSR count). The largest absolute Gasteiger partial charge is 0.356 e. The van der Waals surface area contributed by atoms with Crippen molar-refractivity contribution in [3.8, 4) is 0 Å². The SMILES string of the molecule is Cn1cc2c(N3CCC(Cn4cnccc4=O)CC3)ncnc2n1. The number of anilines is 1. The molecule has 8 heteroatoms. The maximum Gasteiger partial charge on any atom is 0.253 e. The smallest absolute Gasteiger partial charge is 0.253 e. The van der Waals surface area contributed by atoms with E-state index in [0.29, 0.717) is 5.92 Å². The highest BCUT2D eigenvalue weighted by atomic mass is 16.1. The van der Waals surface area contributed by atoms with Crippen molar-refractivity contribution in [2.24, 2.45) is 13.0 Å². The van der Waals surface area contributed by atoms with Crippen LogP contribution in [0, 0.1) is 5.92 Å². The summed E-state index contributed by atoms with van der Waals surface area (Å²) >= 11 is 0. The second-order valence-corrected chi connectivity index (χ2v) is 6.24. The summed E-state index contributed by atoms with van der Waals surface area (Å²) in [6.45, 7) is 2.56. The van der Waals surface area contributed by atoms with Gasteiger partial charge in [0.15, 0.2) is 5.65 Å². The van der Waals surface area contributed by atoms with Crippen LogP contribution < -0.4 is 10.5 Å². The first-order valence-electron chi connectivity index (χ1n) is 8.10. The highest BCUT2D eigenvalue weighted by molar-refractivity contribution is 5.86. The van der Waals surface area contributed by atoms with Crippen molar-refractivity contribution < 1.29 is 0 Å². The van der Waals surface area contributed by atoms with Gasteiger partial charge in [0.05, 0.1) is 11.7 Å². The Morgan fingerprint density at radius 1 is 1.25 bits per heavy atom. The lowest BCUT2D eigenvalue weighted by atomic mass is 9.96. The summed E-state index contributed by atoms with van der Waals surface area (Å²) in [5.74, 6) is 1.43. The molecule has 0 saturated carbocycles. The number of aryl methyl sites for hydroxylation is 1. The molecule has 0 bridgehead atoms. The van der Waals surface area contributed by atoms with Gasteiger partial charge in [0, 0.05) is 45.1 Å². The van der Waals surface area contributed by atoms with Crippen molar-refractivity contribution in [1.29, 1.82) is 0 Å². The number of hydrogen-bond donors (Lipinski definition) is 0. The summed E-state index contributed by atoms with van der Waals surface area (Å²) in [5, 5.41) is 5.33. The molecular formula is C16H19N7O. The van der Waals surface area contributed by atoms with Gasteiger partial charge in [-0.05, 0) is 18.8 Å². The monoisotopic (exact) mass is 325 g/mol. The molecule has 0 spiro atoms. The summed E-state index contributed by atoms with van der Waals surface area (Å²) in [4.78, 5) is 26.8. The molecule has 24 heavy (non-hydrogen) atoms. The lowest BCUT2D eigenvalue weighted by Gasteiger charge is -2.33. The first-order chi connectivity index (χ1) is 11.7. The Morgan fingerprint density at radius 2 is 2.08 bits per heavy atom. The summed E-state index contributed by atoms with van der Waals surface area (Å²) in [7, 11) is 1.89. The van der Waals surface area contributed by atoms with Crippen LogP contribution in [0.5, 0.6) is 0 Å². The van der Waals surface area contributed by atoms with Crippen LogP contribution in [-0.2, 0) is 13.6 Å². The third kappa shape index (κ3) is 2.75. The number of nitrogens with zero attached hydrogens (tertiary/aromatic N) is 7. The van der Waals surface area contributed by atoms with E-state index in [-0.39, 0.29) is 5.56 Å². The molecule has 3 aromatic rings. The van der Waals surface area contributed by atoms with Gasteiger partial charge >= 0.3 is 0 Å². The molecule has 3 aromatic heterocycles. The highest BCUT2D eigenvalue weighted by Gasteiger charge is 2.22. The molecule has 1 saturated heterocycles. The maximum atomic E-state index is 11.8. The lowest BCUT2D eigenvalue weighted by Crippen LogP contribution is -2.36. The van der Waals surface area contributed by atoms with E-state index in [9.17, 15) is 4.79 Å². The normalized spacial score (nSPS) is 16.0. The molecular weight excluding hydrogens is 306 g/mol. The van der Waals surface area contributed by atoms with Crippen LogP contribution in [0.3, 0.4) is 0 Å². The van der Waals surface area contributed by atoms with Gasteiger partial charge in [-0.15, -0.1) is 0 Å². The maximum absolute atomic E-state index is 11.8. The predicted octanol–water partition coefficient (Wildman–Crippen LogP) is 0.837. The Balaban J connectivity index is 1.48. The summed E-state index contributed by atoms with van der Waals surface area (Å²) in [5.41, 5.74) is 0.742. The van der Waals surface area contributed by atoms with Gasteiger partial charge in [0.2, 0.25) is 0 Å². The zero-order chi connectivity index (χ0) is 16.5. The van der Waals surface area contributed by atoms with Crippen LogP contribution in [0.15, 0.2) is 35.9 Å². The van der Waals surface area contributed by atoms with E-state index in [0.717, 1.165) is 49.3 Å². The molecule has 0 amide bonds. The van der Waals surface area contributed by atoms with Crippen LogP contribution in [0.4, 0.5) is 5.82 Å². The fourth-order valence-electron chi connectivity index (χ4n) is 3.31. The molecule has 124 valence electrons. The Labute approximate surface area is 138 Å². The third-order valence-corrected chi connectivity index (χ3v) is 4.57. The zero-order valence-electron chi connectivity index (χ0n) is 13.5. The Kier molecular flexibility index (Phi) is 3.72. The molecule has 4 heterocycles. The van der Waals surface area contributed by atoms with Crippen LogP contribution >= 0.6 is 0 Å². The fourth-order valence-corrected chi connectivity index (χ4v) is 3.31. The van der Waals surface area contributed by atoms with Gasteiger partial charge in [-0.3, -0.25) is 14.0 Å². The van der Waals surface area contributed by atoms with Gasteiger partial charge in [-0.2, -0.15) is 5.10 Å². The topological polar surface area (TPSA) is 81.7 Å². The standard InChI is InChI=1S/C16H19N7O/c1-21-9-13-15(20-21)18-10-19-16(13)22-6-3-12(4-7-22)8-23-11-17-5-2-14(23)24/h2,5,9-12H,3-4,6-8H2,1H3. The van der Waals surface area contributed by atoms with Crippen LogP contribution in [0.2, 0.25) is 0 Å². The van der Waals surface area contributed by atoms with E-state index in [1.807, 2.05) is 13.2 Å². The third-order valence-electron chi connectivity index (χ3n) is 4.57. The number of hydrogen-bond acceptors (Lipinski definition) is 6. The van der Waals surface area contributed by atoms with Crippen LogP contribution in [-0.4, -0.2) is 42.4 Å².